The van der Waals surface area contributed by atoms with Crippen LogP contribution < -0.4 is 5.32 Å². The van der Waals surface area contributed by atoms with E-state index >= 15 is 0 Å². The topological polar surface area (TPSA) is 38.3 Å². The molecule has 5 heteroatoms. The van der Waals surface area contributed by atoms with E-state index in [9.17, 15) is 4.79 Å². The fourth-order valence-electron chi connectivity index (χ4n) is 0.714. The molecule has 0 radical (unpaired) electrons. The third-order valence-electron chi connectivity index (χ3n) is 1.11. The summed E-state index contributed by atoms with van der Waals surface area (Å²) in [5.41, 5.74) is 0. The molecule has 0 aromatic heterocycles. The lowest BCUT2D eigenvalue weighted by molar-refractivity contribution is -0.128. The minimum atomic E-state index is 0. The first-order valence-corrected chi connectivity index (χ1v) is 3.88. The summed E-state index contributed by atoms with van der Waals surface area (Å²) < 4.78 is 4.55. The summed E-state index contributed by atoms with van der Waals surface area (Å²) >= 11 is 1.79. The van der Waals surface area contributed by atoms with Crippen LogP contribution in [0.2, 0.25) is 0 Å². The molecule has 1 aliphatic heterocycles. The Morgan fingerprint density at radius 3 is 3.10 bits per heavy atom. The maximum Gasteiger partial charge on any atom is 0.293 e. The van der Waals surface area contributed by atoms with Crippen LogP contribution in [0.3, 0.4) is 0 Å². The smallest absolute Gasteiger partial charge is 0.293 e. The number of hydrogen-bond acceptors (Lipinski definition) is 4. The van der Waals surface area contributed by atoms with Crippen LogP contribution >= 0.6 is 24.2 Å². The van der Waals surface area contributed by atoms with Gasteiger partial charge in [0.2, 0.25) is 0 Å². The van der Waals surface area contributed by atoms with Gasteiger partial charge in [0.1, 0.15) is 6.61 Å². The van der Waals surface area contributed by atoms with Crippen LogP contribution in [-0.4, -0.2) is 30.8 Å². The van der Waals surface area contributed by atoms with E-state index in [1.54, 1.807) is 11.8 Å². The predicted octanol–water partition coefficient (Wildman–Crippen LogP) is 0.244. The summed E-state index contributed by atoms with van der Waals surface area (Å²) in [4.78, 5) is 9.70. The standard InChI is InChI=1S/C5H9NO2S.ClH/c7-4-8-3-5-6-1-2-9-5;/h4-6H,1-3H2;1H. The van der Waals surface area contributed by atoms with Crippen molar-refractivity contribution in [1.29, 1.82) is 0 Å². The Balaban J connectivity index is 0.000000810. The van der Waals surface area contributed by atoms with Gasteiger partial charge in [-0.1, -0.05) is 0 Å². The van der Waals surface area contributed by atoms with E-state index in [-0.39, 0.29) is 12.4 Å². The molecule has 3 nitrogen and oxygen atoms in total. The van der Waals surface area contributed by atoms with Gasteiger partial charge in [-0.3, -0.25) is 4.79 Å². The molecule has 0 saturated carbocycles. The number of halogens is 1. The number of ether oxygens (including phenoxy) is 1. The summed E-state index contributed by atoms with van der Waals surface area (Å²) in [7, 11) is 0. The molecule has 1 saturated heterocycles. The van der Waals surface area contributed by atoms with Crippen molar-refractivity contribution in [2.24, 2.45) is 0 Å². The zero-order valence-electron chi connectivity index (χ0n) is 5.41. The second kappa shape index (κ2) is 5.82. The zero-order valence-corrected chi connectivity index (χ0v) is 7.04. The molecular weight excluding hydrogens is 174 g/mol. The fourth-order valence-corrected chi connectivity index (χ4v) is 1.64. The van der Waals surface area contributed by atoms with Crippen LogP contribution in [0.4, 0.5) is 0 Å². The first-order valence-electron chi connectivity index (χ1n) is 2.83. The van der Waals surface area contributed by atoms with Crippen molar-refractivity contribution in [3.8, 4) is 0 Å². The molecule has 1 N–H and O–H groups in total. The normalized spacial score (nSPS) is 23.4. The lowest BCUT2D eigenvalue weighted by atomic mass is 10.6. The Kier molecular flexibility index (Phi) is 5.87. The van der Waals surface area contributed by atoms with Gasteiger partial charge >= 0.3 is 0 Å². The summed E-state index contributed by atoms with van der Waals surface area (Å²) in [6.07, 6.45) is 0. The van der Waals surface area contributed by atoms with E-state index in [4.69, 9.17) is 0 Å². The quantitative estimate of drug-likeness (QED) is 0.637. The second-order valence-electron chi connectivity index (χ2n) is 1.74. The van der Waals surface area contributed by atoms with E-state index in [2.05, 4.69) is 10.1 Å². The molecule has 1 unspecified atom stereocenters. The van der Waals surface area contributed by atoms with Gasteiger partial charge in [0.25, 0.3) is 6.47 Å². The molecule has 0 spiro atoms. The number of nitrogens with one attached hydrogen (secondary N) is 1. The first-order chi connectivity index (χ1) is 4.43. The highest BCUT2D eigenvalue weighted by atomic mass is 35.5. The number of carbonyl (C=O) groups excluding carboxylic acids is 1. The molecule has 1 heterocycles. The highest BCUT2D eigenvalue weighted by Crippen LogP contribution is 2.12. The van der Waals surface area contributed by atoms with Gasteiger partial charge in [-0.2, -0.15) is 0 Å². The molecular formula is C5H10ClNO2S. The average molecular weight is 184 g/mol. The lowest BCUT2D eigenvalue weighted by Crippen LogP contribution is -2.24. The van der Waals surface area contributed by atoms with Gasteiger partial charge in [-0.05, 0) is 0 Å². The van der Waals surface area contributed by atoms with Crippen molar-refractivity contribution >= 4 is 30.6 Å². The Hall–Kier alpha value is 0.0700. The highest BCUT2D eigenvalue weighted by Gasteiger charge is 2.13. The Labute approximate surface area is 70.3 Å². The van der Waals surface area contributed by atoms with Crippen LogP contribution in [0.1, 0.15) is 0 Å². The van der Waals surface area contributed by atoms with E-state index < -0.39 is 0 Å². The van der Waals surface area contributed by atoms with Crippen molar-refractivity contribution in [2.45, 2.75) is 5.37 Å². The number of carbonyl (C=O) groups is 1. The van der Waals surface area contributed by atoms with Gasteiger partial charge in [-0.25, -0.2) is 0 Å². The second-order valence-corrected chi connectivity index (χ2v) is 3.05. The van der Waals surface area contributed by atoms with Gasteiger partial charge in [-0.15, -0.1) is 24.2 Å². The summed E-state index contributed by atoms with van der Waals surface area (Å²) in [5, 5.41) is 3.50. The summed E-state index contributed by atoms with van der Waals surface area (Å²) in [5.74, 6) is 1.12. The van der Waals surface area contributed by atoms with Gasteiger partial charge in [0.15, 0.2) is 0 Å². The fraction of sp³-hybridized carbons (Fsp3) is 0.800. The molecule has 1 rings (SSSR count). The van der Waals surface area contributed by atoms with Crippen LogP contribution in [-0.2, 0) is 9.53 Å². The molecule has 0 aliphatic carbocycles. The molecule has 0 amide bonds. The number of hydrogen-bond donors (Lipinski definition) is 1. The van der Waals surface area contributed by atoms with Crippen molar-refractivity contribution in [1.82, 2.24) is 5.32 Å². The minimum Gasteiger partial charge on any atom is -0.465 e. The highest BCUT2D eigenvalue weighted by molar-refractivity contribution is 8.00. The van der Waals surface area contributed by atoms with Gasteiger partial charge in [0, 0.05) is 12.3 Å². The molecule has 0 bridgehead atoms. The SMILES string of the molecule is Cl.O=COCC1NCCS1. The Bertz CT molecular complexity index is 97.6. The first kappa shape index (κ1) is 10.1. The van der Waals surface area contributed by atoms with Crippen molar-refractivity contribution in [3.05, 3.63) is 0 Å². The average Bonchev–Trinajstić information content (AvgIpc) is 2.34. The van der Waals surface area contributed by atoms with Gasteiger partial charge in [0.05, 0.1) is 5.37 Å². The molecule has 60 valence electrons. The third kappa shape index (κ3) is 3.29. The largest absolute Gasteiger partial charge is 0.465 e. The van der Waals surface area contributed by atoms with Gasteiger partial charge < -0.3 is 10.1 Å². The van der Waals surface area contributed by atoms with Crippen molar-refractivity contribution < 1.29 is 9.53 Å². The minimum absolute atomic E-state index is 0. The van der Waals surface area contributed by atoms with E-state index in [0.717, 1.165) is 12.3 Å². The van der Waals surface area contributed by atoms with E-state index in [0.29, 0.717) is 18.5 Å². The lowest BCUT2D eigenvalue weighted by Gasteiger charge is -2.05. The third-order valence-corrected chi connectivity index (χ3v) is 2.25. The van der Waals surface area contributed by atoms with Crippen LogP contribution in [0.5, 0.6) is 0 Å². The molecule has 1 aliphatic rings. The summed E-state index contributed by atoms with van der Waals surface area (Å²) in [6, 6.07) is 0. The molecule has 0 aromatic rings. The van der Waals surface area contributed by atoms with Crippen LogP contribution in [0.25, 0.3) is 0 Å². The van der Waals surface area contributed by atoms with Crippen molar-refractivity contribution in [2.75, 3.05) is 18.9 Å². The van der Waals surface area contributed by atoms with E-state index in [1.165, 1.54) is 0 Å². The van der Waals surface area contributed by atoms with Crippen LogP contribution in [0.15, 0.2) is 0 Å². The Morgan fingerprint density at radius 1 is 1.80 bits per heavy atom. The number of rotatable bonds is 3. The molecule has 10 heavy (non-hydrogen) atoms. The maximum absolute atomic E-state index is 9.70. The molecule has 1 atom stereocenters. The summed E-state index contributed by atoms with van der Waals surface area (Å²) in [6.45, 7) is 2.01. The zero-order chi connectivity index (χ0) is 6.53. The number of thioether (sulfide) groups is 1. The van der Waals surface area contributed by atoms with E-state index in [1.807, 2.05) is 0 Å². The monoisotopic (exact) mass is 183 g/mol. The predicted molar refractivity (Wildman–Crippen MR) is 43.5 cm³/mol. The Morgan fingerprint density at radius 2 is 2.60 bits per heavy atom. The van der Waals surface area contributed by atoms with Crippen LogP contribution in [0, 0.1) is 0 Å². The molecule has 0 aromatic carbocycles. The molecule has 1 fully saturated rings. The van der Waals surface area contributed by atoms with Crippen molar-refractivity contribution in [3.63, 3.8) is 0 Å². The maximum atomic E-state index is 9.70.